The van der Waals surface area contributed by atoms with E-state index < -0.39 is 17.8 Å². The number of anilines is 1. The fourth-order valence-electron chi connectivity index (χ4n) is 3.24. The van der Waals surface area contributed by atoms with Gasteiger partial charge in [-0.15, -0.1) is 0 Å². The van der Waals surface area contributed by atoms with E-state index in [0.29, 0.717) is 22.5 Å². The third-order valence-corrected chi connectivity index (χ3v) is 4.77. The van der Waals surface area contributed by atoms with Crippen molar-refractivity contribution in [2.75, 3.05) is 12.0 Å². The second kappa shape index (κ2) is 8.16. The van der Waals surface area contributed by atoms with Gasteiger partial charge in [-0.25, -0.2) is 9.59 Å². The van der Waals surface area contributed by atoms with Gasteiger partial charge in [0.1, 0.15) is 0 Å². The Morgan fingerprint density at radius 1 is 1.03 bits per heavy atom. The standard InChI is InChI=1S/C23H19NO6/c1-13-20(23(29)30-3)19(11-15-7-9-16(10-8-15)22(27)28)21(26)24(13)18-6-4-5-17(12-18)14(2)25/h4-12H,1-3H3,(H,27,28)/b19-11-. The lowest BCUT2D eigenvalue weighted by molar-refractivity contribution is -0.136. The van der Waals surface area contributed by atoms with Gasteiger partial charge in [0, 0.05) is 16.9 Å². The highest BCUT2D eigenvalue weighted by molar-refractivity contribution is 6.24. The van der Waals surface area contributed by atoms with Crippen LogP contribution in [0.2, 0.25) is 0 Å². The van der Waals surface area contributed by atoms with Gasteiger partial charge in [-0.05, 0) is 49.8 Å². The predicted octanol–water partition coefficient (Wildman–Crippen LogP) is 3.46. The van der Waals surface area contributed by atoms with Gasteiger partial charge in [0.05, 0.1) is 23.8 Å². The Kier molecular flexibility index (Phi) is 5.64. The molecule has 0 spiro atoms. The first-order valence-electron chi connectivity index (χ1n) is 9.04. The molecule has 0 atom stereocenters. The number of carboxylic acid groups (broad SMARTS) is 1. The summed E-state index contributed by atoms with van der Waals surface area (Å²) < 4.78 is 4.87. The fraction of sp³-hybridized carbons (Fsp3) is 0.130. The molecular weight excluding hydrogens is 386 g/mol. The van der Waals surface area contributed by atoms with E-state index in [4.69, 9.17) is 9.84 Å². The topological polar surface area (TPSA) is 101 Å². The maximum absolute atomic E-state index is 13.2. The zero-order valence-electron chi connectivity index (χ0n) is 16.6. The van der Waals surface area contributed by atoms with E-state index in [0.717, 1.165) is 0 Å². The monoisotopic (exact) mass is 405 g/mol. The van der Waals surface area contributed by atoms with Gasteiger partial charge in [0.2, 0.25) is 0 Å². The average molecular weight is 405 g/mol. The fourth-order valence-corrected chi connectivity index (χ4v) is 3.24. The normalized spacial score (nSPS) is 15.0. The van der Waals surface area contributed by atoms with Gasteiger partial charge in [0.25, 0.3) is 5.91 Å². The zero-order valence-corrected chi connectivity index (χ0v) is 16.6. The number of ketones is 1. The number of nitrogens with zero attached hydrogens (tertiary/aromatic N) is 1. The molecule has 0 aromatic heterocycles. The molecule has 0 radical (unpaired) electrons. The zero-order chi connectivity index (χ0) is 22.0. The lowest BCUT2D eigenvalue weighted by Gasteiger charge is -2.18. The molecule has 0 fully saturated rings. The summed E-state index contributed by atoms with van der Waals surface area (Å²) in [5.74, 6) is -2.32. The predicted molar refractivity (Wildman–Crippen MR) is 110 cm³/mol. The van der Waals surface area contributed by atoms with E-state index in [1.807, 2.05) is 0 Å². The second-order valence-corrected chi connectivity index (χ2v) is 6.68. The number of esters is 1. The van der Waals surface area contributed by atoms with Crippen molar-refractivity contribution in [3.8, 4) is 0 Å². The van der Waals surface area contributed by atoms with Crippen LogP contribution < -0.4 is 4.90 Å². The Bertz CT molecular complexity index is 1120. The Hall–Kier alpha value is -4.00. The van der Waals surface area contributed by atoms with Crippen LogP contribution in [-0.4, -0.2) is 35.8 Å². The molecule has 0 bridgehead atoms. The van der Waals surface area contributed by atoms with Crippen LogP contribution in [0.4, 0.5) is 5.69 Å². The summed E-state index contributed by atoms with van der Waals surface area (Å²) >= 11 is 0. The number of carboxylic acids is 1. The maximum Gasteiger partial charge on any atom is 0.340 e. The highest BCUT2D eigenvalue weighted by Gasteiger charge is 2.38. The molecule has 7 nitrogen and oxygen atoms in total. The number of carbonyl (C=O) groups excluding carboxylic acids is 3. The number of hydrogen-bond donors (Lipinski definition) is 1. The number of rotatable bonds is 5. The van der Waals surface area contributed by atoms with Crippen LogP contribution in [0, 0.1) is 0 Å². The van der Waals surface area contributed by atoms with Gasteiger partial charge in [-0.3, -0.25) is 14.5 Å². The van der Waals surface area contributed by atoms with Crippen LogP contribution in [0.15, 0.2) is 65.4 Å². The van der Waals surface area contributed by atoms with Gasteiger partial charge >= 0.3 is 11.9 Å². The van der Waals surface area contributed by atoms with Crippen LogP contribution in [0.5, 0.6) is 0 Å². The van der Waals surface area contributed by atoms with Crippen LogP contribution >= 0.6 is 0 Å². The molecule has 30 heavy (non-hydrogen) atoms. The number of hydrogen-bond acceptors (Lipinski definition) is 5. The SMILES string of the molecule is COC(=O)C1=C(C)N(c2cccc(C(C)=O)c2)C(=O)/C1=C\c1ccc(C(=O)O)cc1. The first kappa shape index (κ1) is 20.7. The van der Waals surface area contributed by atoms with Crippen LogP contribution in [-0.2, 0) is 14.3 Å². The summed E-state index contributed by atoms with van der Waals surface area (Å²) in [5.41, 5.74) is 2.16. The molecule has 7 heteroatoms. The molecule has 1 aliphatic rings. The average Bonchev–Trinajstić information content (AvgIpc) is 2.97. The molecule has 1 heterocycles. The van der Waals surface area contributed by atoms with Crippen molar-refractivity contribution in [3.05, 3.63) is 82.1 Å². The third-order valence-electron chi connectivity index (χ3n) is 4.77. The Balaban J connectivity index is 2.11. The number of aromatic carboxylic acids is 1. The van der Waals surface area contributed by atoms with Gasteiger partial charge < -0.3 is 9.84 Å². The minimum absolute atomic E-state index is 0.109. The van der Waals surface area contributed by atoms with E-state index >= 15 is 0 Å². The molecule has 3 rings (SSSR count). The number of allylic oxidation sites excluding steroid dienone is 1. The molecule has 1 N–H and O–H groups in total. The summed E-state index contributed by atoms with van der Waals surface area (Å²) in [7, 11) is 1.23. The molecule has 2 aromatic carbocycles. The number of ether oxygens (including phenoxy) is 1. The molecule has 0 aliphatic carbocycles. The molecule has 0 saturated carbocycles. The van der Waals surface area contributed by atoms with Crippen molar-refractivity contribution in [1.29, 1.82) is 0 Å². The van der Waals surface area contributed by atoms with Gasteiger partial charge in [-0.2, -0.15) is 0 Å². The van der Waals surface area contributed by atoms with E-state index in [1.165, 1.54) is 37.1 Å². The quantitative estimate of drug-likeness (QED) is 0.464. The van der Waals surface area contributed by atoms with E-state index in [-0.39, 0.29) is 22.5 Å². The first-order chi connectivity index (χ1) is 14.2. The smallest absolute Gasteiger partial charge is 0.340 e. The number of methoxy groups -OCH3 is 1. The lowest BCUT2D eigenvalue weighted by Crippen LogP contribution is -2.24. The molecule has 1 amide bonds. The number of benzene rings is 2. The molecular formula is C23H19NO6. The van der Waals surface area contributed by atoms with Crippen molar-refractivity contribution < 1.29 is 29.0 Å². The molecule has 1 aliphatic heterocycles. The minimum Gasteiger partial charge on any atom is -0.478 e. The number of amides is 1. The summed E-state index contributed by atoms with van der Waals surface area (Å²) in [5, 5.41) is 9.04. The summed E-state index contributed by atoms with van der Waals surface area (Å²) in [6.07, 6.45) is 1.51. The summed E-state index contributed by atoms with van der Waals surface area (Å²) in [4.78, 5) is 49.8. The lowest BCUT2D eigenvalue weighted by atomic mass is 10.0. The summed E-state index contributed by atoms with van der Waals surface area (Å²) in [6.45, 7) is 3.05. The highest BCUT2D eigenvalue weighted by atomic mass is 16.5. The molecule has 152 valence electrons. The number of carbonyl (C=O) groups is 4. The largest absolute Gasteiger partial charge is 0.478 e. The van der Waals surface area contributed by atoms with Gasteiger partial charge in [0.15, 0.2) is 5.78 Å². The number of Topliss-reactive ketones (excluding diaryl/α,β-unsaturated/α-hetero) is 1. The Morgan fingerprint density at radius 3 is 2.27 bits per heavy atom. The van der Waals surface area contributed by atoms with Crippen LogP contribution in [0.25, 0.3) is 6.08 Å². The molecule has 2 aromatic rings. The van der Waals surface area contributed by atoms with Gasteiger partial charge in [-0.1, -0.05) is 24.3 Å². The van der Waals surface area contributed by atoms with Crippen molar-refractivity contribution in [1.82, 2.24) is 0 Å². The second-order valence-electron chi connectivity index (χ2n) is 6.68. The van der Waals surface area contributed by atoms with Crippen molar-refractivity contribution in [2.24, 2.45) is 0 Å². The van der Waals surface area contributed by atoms with E-state index in [1.54, 1.807) is 43.3 Å². The van der Waals surface area contributed by atoms with Crippen molar-refractivity contribution in [2.45, 2.75) is 13.8 Å². The summed E-state index contributed by atoms with van der Waals surface area (Å²) in [6, 6.07) is 12.5. The minimum atomic E-state index is -1.06. The Labute approximate surface area is 172 Å². The van der Waals surface area contributed by atoms with Crippen molar-refractivity contribution in [3.63, 3.8) is 0 Å². The maximum atomic E-state index is 13.2. The van der Waals surface area contributed by atoms with Crippen molar-refractivity contribution >= 4 is 35.4 Å². The third kappa shape index (κ3) is 3.77. The highest BCUT2D eigenvalue weighted by Crippen LogP contribution is 2.35. The van der Waals surface area contributed by atoms with E-state index in [9.17, 15) is 19.2 Å². The van der Waals surface area contributed by atoms with Crippen LogP contribution in [0.3, 0.4) is 0 Å². The van der Waals surface area contributed by atoms with Crippen LogP contribution in [0.1, 0.15) is 40.1 Å². The first-order valence-corrected chi connectivity index (χ1v) is 9.04. The Morgan fingerprint density at radius 2 is 1.70 bits per heavy atom. The molecule has 0 unspecified atom stereocenters. The van der Waals surface area contributed by atoms with E-state index in [2.05, 4.69) is 0 Å². The molecule has 0 saturated heterocycles.